The van der Waals surface area contributed by atoms with Crippen LogP contribution in [0.3, 0.4) is 0 Å². The molecule has 120 valence electrons. The molecule has 0 fully saturated rings. The Hall–Kier alpha value is -2.28. The van der Waals surface area contributed by atoms with Crippen molar-refractivity contribution in [3.8, 4) is 11.3 Å². The predicted octanol–water partition coefficient (Wildman–Crippen LogP) is 3.32. The molecule has 7 heteroatoms. The first kappa shape index (κ1) is 15.6. The number of nitrogens with one attached hydrogen (secondary N) is 1. The zero-order chi connectivity index (χ0) is 16.1. The Morgan fingerprint density at radius 1 is 1.30 bits per heavy atom. The van der Waals surface area contributed by atoms with Gasteiger partial charge in [-0.25, -0.2) is 9.89 Å². The smallest absolute Gasteiger partial charge is 0.343 e. The van der Waals surface area contributed by atoms with E-state index in [1.807, 2.05) is 36.4 Å². The van der Waals surface area contributed by atoms with Crippen molar-refractivity contribution in [2.45, 2.75) is 37.2 Å². The molecule has 1 aromatic carbocycles. The number of aromatic amines is 1. The number of nitrogens with zero attached hydrogens (tertiary/aromatic N) is 3. The molecule has 2 aromatic heterocycles. The Balaban J connectivity index is 1.68. The summed E-state index contributed by atoms with van der Waals surface area (Å²) in [4.78, 5) is 11.7. The SMILES string of the molecule is CCCCn1c(SCc2cc(-c3ccccc3)on2)n[nH]c1=O. The van der Waals surface area contributed by atoms with Gasteiger partial charge in [-0.05, 0) is 6.42 Å². The monoisotopic (exact) mass is 330 g/mol. The van der Waals surface area contributed by atoms with Gasteiger partial charge in [0, 0.05) is 23.9 Å². The standard InChI is InChI=1S/C16H18N4O2S/c1-2-3-9-20-15(21)17-18-16(20)23-11-13-10-14(22-19-13)12-7-5-4-6-8-12/h4-8,10H,2-3,9,11H2,1H3,(H,17,21). The van der Waals surface area contributed by atoms with Gasteiger partial charge in [0.25, 0.3) is 0 Å². The van der Waals surface area contributed by atoms with Crippen molar-refractivity contribution >= 4 is 11.8 Å². The lowest BCUT2D eigenvalue weighted by atomic mass is 10.2. The van der Waals surface area contributed by atoms with Crippen molar-refractivity contribution in [1.29, 1.82) is 0 Å². The third-order valence-electron chi connectivity index (χ3n) is 3.42. The van der Waals surface area contributed by atoms with Crippen LogP contribution in [0, 0.1) is 0 Å². The summed E-state index contributed by atoms with van der Waals surface area (Å²) in [5, 5.41) is 11.4. The molecule has 0 saturated carbocycles. The predicted molar refractivity (Wildman–Crippen MR) is 89.3 cm³/mol. The second kappa shape index (κ2) is 7.32. The number of rotatable bonds is 7. The van der Waals surface area contributed by atoms with Gasteiger partial charge in [-0.2, -0.15) is 0 Å². The minimum Gasteiger partial charge on any atom is -0.356 e. The van der Waals surface area contributed by atoms with Gasteiger partial charge in [-0.3, -0.25) is 4.57 Å². The van der Waals surface area contributed by atoms with Crippen LogP contribution in [-0.2, 0) is 12.3 Å². The van der Waals surface area contributed by atoms with Gasteiger partial charge in [0.1, 0.15) is 0 Å². The Morgan fingerprint density at radius 3 is 2.91 bits per heavy atom. The van der Waals surface area contributed by atoms with E-state index in [1.54, 1.807) is 4.57 Å². The fourth-order valence-electron chi connectivity index (χ4n) is 2.18. The average molecular weight is 330 g/mol. The van der Waals surface area contributed by atoms with Crippen LogP contribution in [0.25, 0.3) is 11.3 Å². The molecule has 23 heavy (non-hydrogen) atoms. The molecule has 0 unspecified atom stereocenters. The maximum absolute atomic E-state index is 11.7. The molecule has 0 bridgehead atoms. The third kappa shape index (κ3) is 3.73. The quantitative estimate of drug-likeness (QED) is 0.673. The van der Waals surface area contributed by atoms with Crippen molar-refractivity contribution < 1.29 is 4.52 Å². The number of thioether (sulfide) groups is 1. The topological polar surface area (TPSA) is 76.7 Å². The van der Waals surface area contributed by atoms with Crippen LogP contribution in [0.1, 0.15) is 25.5 Å². The van der Waals surface area contributed by atoms with Crippen molar-refractivity contribution in [2.24, 2.45) is 0 Å². The lowest BCUT2D eigenvalue weighted by molar-refractivity contribution is 0.426. The van der Waals surface area contributed by atoms with Crippen LogP contribution >= 0.6 is 11.8 Å². The molecule has 0 amide bonds. The Morgan fingerprint density at radius 2 is 2.13 bits per heavy atom. The maximum Gasteiger partial charge on any atom is 0.343 e. The Labute approximate surface area is 137 Å². The molecular formula is C16H18N4O2S. The van der Waals surface area contributed by atoms with Crippen LogP contribution in [0.4, 0.5) is 0 Å². The fourth-order valence-corrected chi connectivity index (χ4v) is 3.04. The number of unbranched alkanes of at least 4 members (excludes halogenated alkanes) is 1. The Kier molecular flexibility index (Phi) is 4.97. The minimum atomic E-state index is -0.161. The summed E-state index contributed by atoms with van der Waals surface area (Å²) < 4.78 is 7.05. The molecule has 0 spiro atoms. The van der Waals surface area contributed by atoms with Gasteiger partial charge in [-0.1, -0.05) is 60.6 Å². The average Bonchev–Trinajstić information content (AvgIpc) is 3.19. The third-order valence-corrected chi connectivity index (χ3v) is 4.43. The maximum atomic E-state index is 11.7. The van der Waals surface area contributed by atoms with E-state index in [0.717, 1.165) is 29.9 Å². The molecule has 0 aliphatic rings. The summed E-state index contributed by atoms with van der Waals surface area (Å²) in [6, 6.07) is 11.8. The lowest BCUT2D eigenvalue weighted by Crippen LogP contribution is -2.17. The highest BCUT2D eigenvalue weighted by atomic mass is 32.2. The van der Waals surface area contributed by atoms with E-state index < -0.39 is 0 Å². The first-order valence-corrected chi connectivity index (χ1v) is 8.55. The molecule has 0 aliphatic carbocycles. The minimum absolute atomic E-state index is 0.161. The van der Waals surface area contributed by atoms with Gasteiger partial charge in [0.15, 0.2) is 10.9 Å². The van der Waals surface area contributed by atoms with Crippen molar-refractivity contribution in [2.75, 3.05) is 0 Å². The van der Waals surface area contributed by atoms with Gasteiger partial charge < -0.3 is 4.52 Å². The highest BCUT2D eigenvalue weighted by molar-refractivity contribution is 7.98. The lowest BCUT2D eigenvalue weighted by Gasteiger charge is -2.02. The summed E-state index contributed by atoms with van der Waals surface area (Å²) in [5.41, 5.74) is 1.66. The molecule has 1 N–H and O–H groups in total. The second-order valence-electron chi connectivity index (χ2n) is 5.15. The highest BCUT2D eigenvalue weighted by Gasteiger charge is 2.11. The van der Waals surface area contributed by atoms with Crippen LogP contribution in [0.2, 0.25) is 0 Å². The molecule has 3 rings (SSSR count). The van der Waals surface area contributed by atoms with Gasteiger partial charge in [0.2, 0.25) is 0 Å². The molecule has 2 heterocycles. The van der Waals surface area contributed by atoms with Crippen LogP contribution < -0.4 is 5.69 Å². The van der Waals surface area contributed by atoms with E-state index in [2.05, 4.69) is 22.3 Å². The van der Waals surface area contributed by atoms with Crippen molar-refractivity contribution in [3.05, 3.63) is 52.6 Å². The van der Waals surface area contributed by atoms with Crippen LogP contribution in [-0.4, -0.2) is 19.9 Å². The van der Waals surface area contributed by atoms with Crippen LogP contribution in [0.15, 0.2) is 50.9 Å². The zero-order valence-corrected chi connectivity index (χ0v) is 13.7. The largest absolute Gasteiger partial charge is 0.356 e. The van der Waals surface area contributed by atoms with Gasteiger partial charge >= 0.3 is 5.69 Å². The van der Waals surface area contributed by atoms with Crippen molar-refractivity contribution in [1.82, 2.24) is 19.9 Å². The zero-order valence-electron chi connectivity index (χ0n) is 12.9. The molecule has 0 aliphatic heterocycles. The highest BCUT2D eigenvalue weighted by Crippen LogP contribution is 2.24. The van der Waals surface area contributed by atoms with E-state index in [-0.39, 0.29) is 5.69 Å². The number of benzene rings is 1. The van der Waals surface area contributed by atoms with Crippen LogP contribution in [0.5, 0.6) is 0 Å². The molecule has 0 atom stereocenters. The fraction of sp³-hybridized carbons (Fsp3) is 0.312. The molecule has 3 aromatic rings. The molecule has 6 nitrogen and oxygen atoms in total. The molecule has 0 radical (unpaired) electrons. The van der Waals surface area contributed by atoms with E-state index in [0.29, 0.717) is 17.5 Å². The van der Waals surface area contributed by atoms with Crippen molar-refractivity contribution in [3.63, 3.8) is 0 Å². The number of aromatic nitrogens is 4. The second-order valence-corrected chi connectivity index (χ2v) is 6.10. The summed E-state index contributed by atoms with van der Waals surface area (Å²) in [6.07, 6.45) is 1.99. The summed E-state index contributed by atoms with van der Waals surface area (Å²) >= 11 is 1.48. The first-order valence-electron chi connectivity index (χ1n) is 7.57. The number of hydrogen-bond acceptors (Lipinski definition) is 5. The summed E-state index contributed by atoms with van der Waals surface area (Å²) in [6.45, 7) is 2.78. The van der Waals surface area contributed by atoms with Gasteiger partial charge in [0.05, 0.1) is 5.69 Å². The van der Waals surface area contributed by atoms with E-state index in [1.165, 1.54) is 11.8 Å². The number of H-pyrrole nitrogens is 1. The van der Waals surface area contributed by atoms with E-state index in [9.17, 15) is 4.79 Å². The first-order chi connectivity index (χ1) is 11.3. The summed E-state index contributed by atoms with van der Waals surface area (Å²) in [5.74, 6) is 1.35. The summed E-state index contributed by atoms with van der Waals surface area (Å²) in [7, 11) is 0. The molecular weight excluding hydrogens is 312 g/mol. The number of hydrogen-bond donors (Lipinski definition) is 1. The van der Waals surface area contributed by atoms with E-state index >= 15 is 0 Å². The van der Waals surface area contributed by atoms with E-state index in [4.69, 9.17) is 4.52 Å². The normalized spacial score (nSPS) is 11.0. The molecule has 0 saturated heterocycles. The van der Waals surface area contributed by atoms with Gasteiger partial charge in [-0.15, -0.1) is 5.10 Å². The Bertz CT molecular complexity index is 807.